The number of imidazole rings is 1. The quantitative estimate of drug-likeness (QED) is 0.767. The van der Waals surface area contributed by atoms with Crippen LogP contribution in [-0.4, -0.2) is 25.6 Å². The molecule has 0 unspecified atom stereocenters. The molecule has 0 bridgehead atoms. The van der Waals surface area contributed by atoms with Gasteiger partial charge in [-0.15, -0.1) is 0 Å². The maximum absolute atomic E-state index is 12.1. The van der Waals surface area contributed by atoms with Gasteiger partial charge in [-0.25, -0.2) is 9.59 Å². The highest BCUT2D eigenvalue weighted by Gasteiger charge is 2.14. The highest BCUT2D eigenvalue weighted by atomic mass is 16.4. The van der Waals surface area contributed by atoms with E-state index in [2.05, 4.69) is 9.97 Å². The second-order valence-electron chi connectivity index (χ2n) is 4.83. The van der Waals surface area contributed by atoms with Crippen LogP contribution in [0.2, 0.25) is 0 Å². The monoisotopic (exact) mass is 283 g/mol. The Morgan fingerprint density at radius 2 is 2.14 bits per heavy atom. The smallest absolute Gasteiger partial charge is 0.337 e. The topological polar surface area (TPSA) is 88.0 Å². The SMILES string of the molecule is Cc1ccc(Cn2c(=O)[nH]c3c(C(=O)O)cccc32)cn1. The van der Waals surface area contributed by atoms with Crippen molar-refractivity contribution in [2.24, 2.45) is 0 Å². The Kier molecular flexibility index (Phi) is 3.06. The Bertz CT molecular complexity index is 875. The van der Waals surface area contributed by atoms with Gasteiger partial charge in [-0.2, -0.15) is 0 Å². The van der Waals surface area contributed by atoms with Gasteiger partial charge in [0.05, 0.1) is 23.1 Å². The molecule has 0 aliphatic rings. The first kappa shape index (κ1) is 13.1. The molecule has 3 rings (SSSR count). The summed E-state index contributed by atoms with van der Waals surface area (Å²) < 4.78 is 1.51. The fourth-order valence-electron chi connectivity index (χ4n) is 2.29. The van der Waals surface area contributed by atoms with E-state index in [1.54, 1.807) is 18.3 Å². The van der Waals surface area contributed by atoms with Gasteiger partial charge in [0, 0.05) is 11.9 Å². The van der Waals surface area contributed by atoms with Crippen LogP contribution in [-0.2, 0) is 6.54 Å². The molecule has 0 saturated heterocycles. The third kappa shape index (κ3) is 2.31. The maximum Gasteiger partial charge on any atom is 0.337 e. The molecular weight excluding hydrogens is 270 g/mol. The van der Waals surface area contributed by atoms with E-state index in [9.17, 15) is 9.59 Å². The second-order valence-corrected chi connectivity index (χ2v) is 4.83. The molecule has 0 atom stereocenters. The van der Waals surface area contributed by atoms with Gasteiger partial charge in [0.15, 0.2) is 0 Å². The highest BCUT2D eigenvalue weighted by molar-refractivity contribution is 6.00. The predicted molar refractivity (Wildman–Crippen MR) is 77.6 cm³/mol. The number of fused-ring (bicyclic) bond motifs is 1. The molecule has 2 aromatic heterocycles. The number of aromatic carboxylic acids is 1. The summed E-state index contributed by atoms with van der Waals surface area (Å²) in [4.78, 5) is 30.1. The molecule has 0 aliphatic carbocycles. The minimum Gasteiger partial charge on any atom is -0.478 e. The molecule has 6 nitrogen and oxygen atoms in total. The van der Waals surface area contributed by atoms with E-state index in [4.69, 9.17) is 5.11 Å². The van der Waals surface area contributed by atoms with E-state index in [1.165, 1.54) is 10.6 Å². The van der Waals surface area contributed by atoms with Crippen molar-refractivity contribution >= 4 is 17.0 Å². The van der Waals surface area contributed by atoms with Gasteiger partial charge in [0.2, 0.25) is 0 Å². The van der Waals surface area contributed by atoms with E-state index < -0.39 is 5.97 Å². The average molecular weight is 283 g/mol. The van der Waals surface area contributed by atoms with Crippen molar-refractivity contribution in [3.05, 3.63) is 63.8 Å². The molecule has 0 amide bonds. The van der Waals surface area contributed by atoms with E-state index in [0.717, 1.165) is 11.3 Å². The van der Waals surface area contributed by atoms with Gasteiger partial charge >= 0.3 is 11.7 Å². The van der Waals surface area contributed by atoms with Crippen LogP contribution in [0.5, 0.6) is 0 Å². The molecule has 1 aromatic carbocycles. The summed E-state index contributed by atoms with van der Waals surface area (Å²) >= 11 is 0. The Hall–Kier alpha value is -2.89. The predicted octanol–water partition coefficient (Wildman–Crippen LogP) is 1.78. The van der Waals surface area contributed by atoms with Crippen LogP contribution in [0.15, 0.2) is 41.3 Å². The van der Waals surface area contributed by atoms with Gasteiger partial charge < -0.3 is 10.1 Å². The fourth-order valence-corrected chi connectivity index (χ4v) is 2.29. The number of hydrogen-bond acceptors (Lipinski definition) is 3. The van der Waals surface area contributed by atoms with Crippen molar-refractivity contribution in [1.29, 1.82) is 0 Å². The zero-order valence-corrected chi connectivity index (χ0v) is 11.3. The van der Waals surface area contributed by atoms with Crippen molar-refractivity contribution in [3.8, 4) is 0 Å². The summed E-state index contributed by atoms with van der Waals surface area (Å²) in [6, 6.07) is 8.59. The molecule has 21 heavy (non-hydrogen) atoms. The third-order valence-electron chi connectivity index (χ3n) is 3.35. The van der Waals surface area contributed by atoms with E-state index >= 15 is 0 Å². The standard InChI is InChI=1S/C15H13N3O3/c1-9-5-6-10(7-16-9)8-18-12-4-2-3-11(14(19)20)13(12)17-15(18)21/h2-7H,8H2,1H3,(H,17,21)(H,19,20). The Balaban J connectivity index is 2.13. The van der Waals surface area contributed by atoms with E-state index in [1.807, 2.05) is 19.1 Å². The molecule has 0 aliphatic heterocycles. The first-order valence-corrected chi connectivity index (χ1v) is 6.42. The van der Waals surface area contributed by atoms with Crippen LogP contribution in [0.3, 0.4) is 0 Å². The number of H-pyrrole nitrogens is 1. The number of nitrogens with zero attached hydrogens (tertiary/aromatic N) is 2. The first-order valence-electron chi connectivity index (χ1n) is 6.42. The largest absolute Gasteiger partial charge is 0.478 e. The Morgan fingerprint density at radius 1 is 1.33 bits per heavy atom. The molecule has 0 fully saturated rings. The number of pyridine rings is 1. The zero-order chi connectivity index (χ0) is 15.0. The van der Waals surface area contributed by atoms with Gasteiger partial charge in [-0.1, -0.05) is 12.1 Å². The minimum atomic E-state index is -1.06. The van der Waals surface area contributed by atoms with Crippen molar-refractivity contribution in [2.75, 3.05) is 0 Å². The number of nitrogens with one attached hydrogen (secondary N) is 1. The van der Waals surface area contributed by atoms with Crippen molar-refractivity contribution < 1.29 is 9.90 Å². The molecule has 3 aromatic rings. The number of carboxylic acid groups (broad SMARTS) is 1. The zero-order valence-electron chi connectivity index (χ0n) is 11.3. The van der Waals surface area contributed by atoms with Gasteiger partial charge in [0.25, 0.3) is 0 Å². The van der Waals surface area contributed by atoms with Crippen molar-refractivity contribution in [3.63, 3.8) is 0 Å². The summed E-state index contributed by atoms with van der Waals surface area (Å²) in [6.45, 7) is 2.23. The van der Waals surface area contributed by atoms with Gasteiger partial charge in [-0.05, 0) is 30.7 Å². The normalized spacial score (nSPS) is 10.9. The molecule has 0 spiro atoms. The van der Waals surface area contributed by atoms with Crippen LogP contribution < -0.4 is 5.69 Å². The fraction of sp³-hybridized carbons (Fsp3) is 0.133. The first-order chi connectivity index (χ1) is 10.1. The van der Waals surface area contributed by atoms with Gasteiger partial charge in [0.1, 0.15) is 0 Å². The molecule has 0 saturated carbocycles. The number of aromatic amines is 1. The van der Waals surface area contributed by atoms with E-state index in [-0.39, 0.29) is 11.3 Å². The molecule has 2 N–H and O–H groups in total. The number of aromatic nitrogens is 3. The minimum absolute atomic E-state index is 0.0883. The van der Waals surface area contributed by atoms with Gasteiger partial charge in [-0.3, -0.25) is 9.55 Å². The van der Waals surface area contributed by atoms with Crippen LogP contribution in [0.1, 0.15) is 21.6 Å². The Labute approximate surface area is 119 Å². The number of aryl methyl sites for hydroxylation is 1. The summed E-state index contributed by atoms with van der Waals surface area (Å²) in [6.07, 6.45) is 1.71. The van der Waals surface area contributed by atoms with Crippen molar-refractivity contribution in [2.45, 2.75) is 13.5 Å². The lowest BCUT2D eigenvalue weighted by atomic mass is 10.2. The van der Waals surface area contributed by atoms with Crippen LogP contribution in [0.4, 0.5) is 0 Å². The number of para-hydroxylation sites is 1. The summed E-state index contributed by atoms with van der Waals surface area (Å²) in [5.74, 6) is -1.06. The summed E-state index contributed by atoms with van der Waals surface area (Å²) in [5, 5.41) is 9.16. The van der Waals surface area contributed by atoms with Crippen LogP contribution in [0, 0.1) is 6.92 Å². The number of rotatable bonds is 3. The van der Waals surface area contributed by atoms with Crippen molar-refractivity contribution in [1.82, 2.24) is 14.5 Å². The third-order valence-corrected chi connectivity index (χ3v) is 3.35. The lowest BCUT2D eigenvalue weighted by molar-refractivity contribution is 0.0699. The van der Waals surface area contributed by atoms with Crippen LogP contribution in [0.25, 0.3) is 11.0 Å². The number of benzene rings is 1. The second kappa shape index (κ2) is 4.90. The number of carboxylic acids is 1. The average Bonchev–Trinajstić information content (AvgIpc) is 2.77. The molecule has 0 radical (unpaired) electrons. The molecular formula is C15H13N3O3. The highest BCUT2D eigenvalue weighted by Crippen LogP contribution is 2.16. The number of hydrogen-bond donors (Lipinski definition) is 2. The summed E-state index contributed by atoms with van der Waals surface area (Å²) in [5.41, 5.74) is 2.45. The molecule has 106 valence electrons. The lowest BCUT2D eigenvalue weighted by Crippen LogP contribution is -2.17. The molecule has 2 heterocycles. The Morgan fingerprint density at radius 3 is 2.81 bits per heavy atom. The molecule has 6 heteroatoms. The lowest BCUT2D eigenvalue weighted by Gasteiger charge is -2.04. The van der Waals surface area contributed by atoms with E-state index in [0.29, 0.717) is 17.6 Å². The summed E-state index contributed by atoms with van der Waals surface area (Å²) in [7, 11) is 0. The van der Waals surface area contributed by atoms with Crippen LogP contribution >= 0.6 is 0 Å². The maximum atomic E-state index is 12.1. The number of carbonyl (C=O) groups is 1.